The van der Waals surface area contributed by atoms with Crippen molar-refractivity contribution in [2.45, 2.75) is 72.1 Å². The first-order chi connectivity index (χ1) is 13.2. The summed E-state index contributed by atoms with van der Waals surface area (Å²) in [5.74, 6) is 0. The van der Waals surface area contributed by atoms with Gasteiger partial charge in [-0.05, 0) is 72.6 Å². The van der Waals surface area contributed by atoms with E-state index in [2.05, 4.69) is 72.4 Å². The second-order valence-electron chi connectivity index (χ2n) is 9.19. The molecule has 0 unspecified atom stereocenters. The van der Waals surface area contributed by atoms with Gasteiger partial charge in [-0.25, -0.2) is 4.98 Å². The first-order valence-electron chi connectivity index (χ1n) is 10.5. The molecule has 0 bridgehead atoms. The molecule has 0 aliphatic carbocycles. The van der Waals surface area contributed by atoms with Crippen molar-refractivity contribution in [1.82, 2.24) is 19.4 Å². The molecule has 5 nitrogen and oxygen atoms in total. The summed E-state index contributed by atoms with van der Waals surface area (Å²) in [6.07, 6.45) is 10.1. The Morgan fingerprint density at radius 3 is 2.61 bits per heavy atom. The molecule has 2 aromatic rings. The van der Waals surface area contributed by atoms with Gasteiger partial charge in [0.25, 0.3) is 0 Å². The molecule has 0 spiro atoms. The molecule has 28 heavy (non-hydrogen) atoms. The van der Waals surface area contributed by atoms with Crippen LogP contribution >= 0.6 is 0 Å². The van der Waals surface area contributed by atoms with E-state index in [1.807, 2.05) is 25.6 Å². The first kappa shape index (κ1) is 21.0. The van der Waals surface area contributed by atoms with E-state index in [0.29, 0.717) is 0 Å². The maximum absolute atomic E-state index is 6.31. The van der Waals surface area contributed by atoms with E-state index in [1.165, 1.54) is 5.56 Å². The number of likely N-dealkylation sites (tertiary alicyclic amines) is 1. The molecule has 0 saturated carbocycles. The average molecular weight is 385 g/mol. The van der Waals surface area contributed by atoms with Crippen LogP contribution in [-0.4, -0.2) is 44.7 Å². The molecule has 3 rings (SSSR count). The van der Waals surface area contributed by atoms with Crippen molar-refractivity contribution < 1.29 is 4.74 Å². The average Bonchev–Trinajstić information content (AvgIpc) is 3.31. The third-order valence-electron chi connectivity index (χ3n) is 6.95. The van der Waals surface area contributed by atoms with Gasteiger partial charge in [0.15, 0.2) is 0 Å². The van der Waals surface area contributed by atoms with Gasteiger partial charge in [0, 0.05) is 54.9 Å². The third kappa shape index (κ3) is 4.01. The van der Waals surface area contributed by atoms with Gasteiger partial charge in [-0.2, -0.15) is 0 Å². The summed E-state index contributed by atoms with van der Waals surface area (Å²) in [5.41, 5.74) is 2.20. The zero-order chi connectivity index (χ0) is 20.4. The second-order valence-corrected chi connectivity index (χ2v) is 9.19. The van der Waals surface area contributed by atoms with Crippen LogP contribution in [-0.2, 0) is 16.8 Å². The molecule has 1 saturated heterocycles. The van der Waals surface area contributed by atoms with Crippen molar-refractivity contribution in [2.75, 3.05) is 19.7 Å². The summed E-state index contributed by atoms with van der Waals surface area (Å²) in [7, 11) is 0. The normalized spacial score (nSPS) is 21.4. The van der Waals surface area contributed by atoms with Crippen molar-refractivity contribution >= 4 is 0 Å². The van der Waals surface area contributed by atoms with Gasteiger partial charge >= 0.3 is 0 Å². The van der Waals surface area contributed by atoms with Gasteiger partial charge in [-0.15, -0.1) is 0 Å². The number of ether oxygens (including phenoxy) is 1. The Morgan fingerprint density at radius 2 is 2.00 bits per heavy atom. The van der Waals surface area contributed by atoms with Crippen LogP contribution in [0.15, 0.2) is 37.1 Å². The standard InChI is InChI=1S/C23H36N4O/c1-7-28-22(5,6)23(10-13-26-15-12-24-18-26)11-14-27(17-23)21(3,4)20-9-8-19(2)25-16-20/h8-9,12,15-16,18H,7,10-11,13-14,17H2,1-6H3/t23-/m0/s1. The number of aryl methyl sites for hydroxylation is 2. The Balaban J connectivity index is 1.84. The minimum absolute atomic E-state index is 0.0558. The molecule has 1 aliphatic rings. The van der Waals surface area contributed by atoms with Gasteiger partial charge in [0.05, 0.1) is 11.9 Å². The molecule has 1 aliphatic heterocycles. The third-order valence-corrected chi connectivity index (χ3v) is 6.95. The molecule has 154 valence electrons. The fraction of sp³-hybridized carbons (Fsp3) is 0.652. The van der Waals surface area contributed by atoms with Gasteiger partial charge < -0.3 is 9.30 Å². The smallest absolute Gasteiger partial charge is 0.0945 e. The lowest BCUT2D eigenvalue weighted by molar-refractivity contribution is -0.111. The van der Waals surface area contributed by atoms with Gasteiger partial charge in [0.1, 0.15) is 0 Å². The predicted molar refractivity (Wildman–Crippen MR) is 113 cm³/mol. The Hall–Kier alpha value is -1.72. The number of aromatic nitrogens is 3. The molecule has 0 N–H and O–H groups in total. The minimum Gasteiger partial charge on any atom is -0.375 e. The van der Waals surface area contributed by atoms with Crippen molar-refractivity contribution in [3.05, 3.63) is 48.3 Å². The van der Waals surface area contributed by atoms with E-state index < -0.39 is 0 Å². The zero-order valence-corrected chi connectivity index (χ0v) is 18.4. The van der Waals surface area contributed by atoms with E-state index in [4.69, 9.17) is 4.74 Å². The summed E-state index contributed by atoms with van der Waals surface area (Å²) in [6, 6.07) is 4.34. The molecular formula is C23H36N4O. The highest BCUT2D eigenvalue weighted by Gasteiger charge is 2.52. The van der Waals surface area contributed by atoms with Gasteiger partial charge in [-0.1, -0.05) is 6.07 Å². The maximum atomic E-state index is 6.31. The summed E-state index contributed by atoms with van der Waals surface area (Å²) in [5, 5.41) is 0. The molecule has 1 atom stereocenters. The molecule has 2 aromatic heterocycles. The number of nitrogens with zero attached hydrogens (tertiary/aromatic N) is 4. The molecule has 0 amide bonds. The molecule has 5 heteroatoms. The first-order valence-corrected chi connectivity index (χ1v) is 10.5. The summed E-state index contributed by atoms with van der Waals surface area (Å²) >= 11 is 0. The van der Waals surface area contributed by atoms with Crippen LogP contribution in [0, 0.1) is 12.3 Å². The number of imidazole rings is 1. The monoisotopic (exact) mass is 384 g/mol. The lowest BCUT2D eigenvalue weighted by atomic mass is 9.70. The van der Waals surface area contributed by atoms with Crippen LogP contribution in [0.1, 0.15) is 58.7 Å². The molecule has 1 fully saturated rings. The van der Waals surface area contributed by atoms with Crippen LogP contribution < -0.4 is 0 Å². The summed E-state index contributed by atoms with van der Waals surface area (Å²) in [4.78, 5) is 11.4. The van der Waals surface area contributed by atoms with Crippen LogP contribution in [0.3, 0.4) is 0 Å². The largest absolute Gasteiger partial charge is 0.375 e. The quantitative estimate of drug-likeness (QED) is 0.676. The molecule has 3 heterocycles. The highest BCUT2D eigenvalue weighted by Crippen LogP contribution is 2.48. The Bertz CT molecular complexity index is 751. The zero-order valence-electron chi connectivity index (χ0n) is 18.4. The number of hydrogen-bond donors (Lipinski definition) is 0. The van der Waals surface area contributed by atoms with E-state index >= 15 is 0 Å². The van der Waals surface area contributed by atoms with Crippen molar-refractivity contribution in [3.63, 3.8) is 0 Å². The van der Waals surface area contributed by atoms with Crippen LogP contribution in [0.4, 0.5) is 0 Å². The maximum Gasteiger partial charge on any atom is 0.0945 e. The SMILES string of the molecule is CCOC(C)(C)[C@@]1(CCn2ccnc2)CCN(C(C)(C)c2ccc(C)nc2)C1. The van der Waals surface area contributed by atoms with E-state index in [0.717, 1.165) is 44.8 Å². The Morgan fingerprint density at radius 1 is 1.21 bits per heavy atom. The van der Waals surface area contributed by atoms with E-state index in [1.54, 1.807) is 0 Å². The molecular weight excluding hydrogens is 348 g/mol. The van der Waals surface area contributed by atoms with Crippen molar-refractivity contribution in [2.24, 2.45) is 5.41 Å². The topological polar surface area (TPSA) is 43.2 Å². The van der Waals surface area contributed by atoms with Crippen molar-refractivity contribution in [3.8, 4) is 0 Å². The summed E-state index contributed by atoms with van der Waals surface area (Å²) < 4.78 is 8.49. The summed E-state index contributed by atoms with van der Waals surface area (Å²) in [6.45, 7) is 17.1. The Kier molecular flexibility index (Phi) is 5.97. The number of pyridine rings is 1. The number of hydrogen-bond acceptors (Lipinski definition) is 4. The van der Waals surface area contributed by atoms with Gasteiger partial charge in [-0.3, -0.25) is 9.88 Å². The minimum atomic E-state index is -0.182. The molecule has 0 aromatic carbocycles. The van der Waals surface area contributed by atoms with Gasteiger partial charge in [0.2, 0.25) is 0 Å². The highest BCUT2D eigenvalue weighted by molar-refractivity contribution is 5.22. The number of rotatable bonds is 8. The lowest BCUT2D eigenvalue weighted by Crippen LogP contribution is -2.50. The van der Waals surface area contributed by atoms with E-state index in [9.17, 15) is 0 Å². The van der Waals surface area contributed by atoms with Crippen LogP contribution in [0.2, 0.25) is 0 Å². The van der Waals surface area contributed by atoms with Crippen LogP contribution in [0.25, 0.3) is 0 Å². The predicted octanol–water partition coefficient (Wildman–Crippen LogP) is 4.42. The van der Waals surface area contributed by atoms with E-state index in [-0.39, 0.29) is 16.6 Å². The fourth-order valence-electron chi connectivity index (χ4n) is 4.63. The Labute approximate surface area is 170 Å². The highest BCUT2D eigenvalue weighted by atomic mass is 16.5. The lowest BCUT2D eigenvalue weighted by Gasteiger charge is -2.46. The van der Waals surface area contributed by atoms with Crippen molar-refractivity contribution in [1.29, 1.82) is 0 Å². The van der Waals surface area contributed by atoms with Crippen LogP contribution in [0.5, 0.6) is 0 Å². The molecule has 0 radical (unpaired) electrons. The fourth-order valence-corrected chi connectivity index (χ4v) is 4.63. The second kappa shape index (κ2) is 7.96.